The van der Waals surface area contributed by atoms with Crippen molar-refractivity contribution in [2.24, 2.45) is 0 Å². The Morgan fingerprint density at radius 1 is 0.725 bits per heavy atom. The number of nitrogens with one attached hydrogen (secondary N) is 2. The second-order valence-corrected chi connectivity index (χ2v) is 10.8. The molecule has 5 rings (SSSR count). The van der Waals surface area contributed by atoms with Crippen LogP contribution in [0.5, 0.6) is 0 Å². The molecule has 2 amide bonds. The van der Waals surface area contributed by atoms with E-state index in [1.54, 1.807) is 11.8 Å². The number of carbonyl (C=O) groups is 1. The zero-order valence-electron chi connectivity index (χ0n) is 22.2. The van der Waals surface area contributed by atoms with Gasteiger partial charge in [0.15, 0.2) is 6.29 Å². The number of urea groups is 1. The molecule has 0 saturated carbocycles. The van der Waals surface area contributed by atoms with Crippen LogP contribution in [0, 0.1) is 0 Å². The predicted octanol–water partition coefficient (Wildman–Crippen LogP) is 6.52. The third-order valence-electron chi connectivity index (χ3n) is 6.79. The quantitative estimate of drug-likeness (QED) is 0.195. The van der Waals surface area contributed by atoms with Gasteiger partial charge >= 0.3 is 6.03 Å². The van der Waals surface area contributed by atoms with Crippen molar-refractivity contribution in [3.63, 3.8) is 0 Å². The number of amides is 2. The minimum absolute atomic E-state index is 0.00104. The van der Waals surface area contributed by atoms with Crippen LogP contribution in [0.4, 0.5) is 4.79 Å². The number of benzene rings is 4. The summed E-state index contributed by atoms with van der Waals surface area (Å²) in [4.78, 5) is 13.4. The van der Waals surface area contributed by atoms with E-state index in [0.29, 0.717) is 13.1 Å². The van der Waals surface area contributed by atoms with Crippen LogP contribution in [0.2, 0.25) is 0 Å². The first-order valence-electron chi connectivity index (χ1n) is 13.5. The number of ether oxygens (including phenoxy) is 2. The van der Waals surface area contributed by atoms with Crippen LogP contribution < -0.4 is 10.6 Å². The lowest BCUT2D eigenvalue weighted by Gasteiger charge is -2.36. The first-order valence-corrected chi connectivity index (χ1v) is 14.5. The van der Waals surface area contributed by atoms with E-state index in [-0.39, 0.29) is 24.8 Å². The topological polar surface area (TPSA) is 79.8 Å². The Balaban J connectivity index is 1.21. The lowest BCUT2D eigenvalue weighted by atomic mass is 10.0. The zero-order valence-corrected chi connectivity index (χ0v) is 23.1. The van der Waals surface area contributed by atoms with E-state index in [0.717, 1.165) is 40.0 Å². The van der Waals surface area contributed by atoms with Gasteiger partial charge in [0, 0.05) is 35.7 Å². The molecule has 4 aromatic rings. The molecule has 1 aliphatic heterocycles. The molecule has 6 nitrogen and oxygen atoms in total. The highest BCUT2D eigenvalue weighted by atomic mass is 32.2. The van der Waals surface area contributed by atoms with Gasteiger partial charge in [-0.2, -0.15) is 0 Å². The molecular formula is C33H34N2O4S. The minimum Gasteiger partial charge on any atom is -0.392 e. The highest BCUT2D eigenvalue weighted by Gasteiger charge is 2.32. The van der Waals surface area contributed by atoms with E-state index in [1.807, 2.05) is 97.1 Å². The third kappa shape index (κ3) is 7.96. The number of hydrogen-bond donors (Lipinski definition) is 3. The van der Waals surface area contributed by atoms with E-state index in [9.17, 15) is 9.90 Å². The number of aliphatic hydroxyl groups excluding tert-OH is 1. The van der Waals surface area contributed by atoms with Gasteiger partial charge in [-0.15, -0.1) is 11.8 Å². The van der Waals surface area contributed by atoms with Crippen molar-refractivity contribution in [3.05, 3.63) is 137 Å². The van der Waals surface area contributed by atoms with Crippen molar-refractivity contribution in [1.29, 1.82) is 0 Å². The maximum absolute atomic E-state index is 12.2. The van der Waals surface area contributed by atoms with Gasteiger partial charge < -0.3 is 25.2 Å². The Morgan fingerprint density at radius 3 is 1.95 bits per heavy atom. The monoisotopic (exact) mass is 554 g/mol. The molecule has 0 radical (unpaired) electrons. The Kier molecular flexibility index (Phi) is 9.87. The molecule has 1 fully saturated rings. The third-order valence-corrected chi connectivity index (χ3v) is 7.94. The molecule has 206 valence electrons. The van der Waals surface area contributed by atoms with Crippen LogP contribution in [-0.4, -0.2) is 23.0 Å². The largest absolute Gasteiger partial charge is 0.392 e. The SMILES string of the molecule is O=C(NCc1ccccc1)NCc1ccc(C2OC(CSc3ccccc3)CC(c3ccc(CO)cc3)O2)cc1. The van der Waals surface area contributed by atoms with Gasteiger partial charge in [-0.3, -0.25) is 0 Å². The summed E-state index contributed by atoms with van der Waals surface area (Å²) in [5.74, 6) is 0.815. The lowest BCUT2D eigenvalue weighted by molar-refractivity contribution is -0.245. The summed E-state index contributed by atoms with van der Waals surface area (Å²) < 4.78 is 12.9. The number of carbonyl (C=O) groups excluding carboxylic acids is 1. The number of aliphatic hydroxyl groups is 1. The highest BCUT2D eigenvalue weighted by Crippen LogP contribution is 2.39. The summed E-state index contributed by atoms with van der Waals surface area (Å²) in [5, 5.41) is 15.2. The zero-order chi connectivity index (χ0) is 27.6. The molecule has 3 atom stereocenters. The lowest BCUT2D eigenvalue weighted by Crippen LogP contribution is -2.34. The van der Waals surface area contributed by atoms with Crippen molar-refractivity contribution >= 4 is 17.8 Å². The average Bonchev–Trinajstić information content (AvgIpc) is 3.03. The predicted molar refractivity (Wildman–Crippen MR) is 158 cm³/mol. The fourth-order valence-electron chi connectivity index (χ4n) is 4.54. The summed E-state index contributed by atoms with van der Waals surface area (Å²) in [7, 11) is 0. The molecule has 40 heavy (non-hydrogen) atoms. The second-order valence-electron chi connectivity index (χ2n) is 9.74. The van der Waals surface area contributed by atoms with Crippen LogP contribution in [0.15, 0.2) is 114 Å². The van der Waals surface area contributed by atoms with Crippen LogP contribution in [0.1, 0.15) is 46.6 Å². The van der Waals surface area contributed by atoms with E-state index >= 15 is 0 Å². The van der Waals surface area contributed by atoms with Gasteiger partial charge in [-0.05, 0) is 34.4 Å². The molecule has 0 bridgehead atoms. The van der Waals surface area contributed by atoms with Crippen LogP contribution in [-0.2, 0) is 29.2 Å². The van der Waals surface area contributed by atoms with Gasteiger partial charge in [0.1, 0.15) is 0 Å². The summed E-state index contributed by atoms with van der Waals surface area (Å²) in [6.07, 6.45) is 0.118. The van der Waals surface area contributed by atoms with Gasteiger partial charge in [-0.25, -0.2) is 4.79 Å². The van der Waals surface area contributed by atoms with Crippen molar-refractivity contribution in [2.45, 2.75) is 49.5 Å². The van der Waals surface area contributed by atoms with Gasteiger partial charge in [-0.1, -0.05) is 97.1 Å². The molecule has 4 aromatic carbocycles. The minimum atomic E-state index is -0.506. The fourth-order valence-corrected chi connectivity index (χ4v) is 5.49. The molecule has 7 heteroatoms. The van der Waals surface area contributed by atoms with Crippen LogP contribution >= 0.6 is 11.8 Å². The summed E-state index contributed by atoms with van der Waals surface area (Å²) in [6, 6.07) is 35.9. The molecule has 0 spiro atoms. The Morgan fingerprint density at radius 2 is 1.30 bits per heavy atom. The Labute approximate surface area is 239 Å². The highest BCUT2D eigenvalue weighted by molar-refractivity contribution is 7.99. The smallest absolute Gasteiger partial charge is 0.315 e. The van der Waals surface area contributed by atoms with Crippen molar-refractivity contribution in [2.75, 3.05) is 5.75 Å². The summed E-state index contributed by atoms with van der Waals surface area (Å²) >= 11 is 1.78. The molecular weight excluding hydrogens is 520 g/mol. The maximum atomic E-state index is 12.2. The standard InChI is InChI=1S/C33H34N2O4S/c36-22-26-13-15-27(16-14-26)31-19-29(23-40-30-9-5-2-6-10-30)38-32(39-31)28-17-11-25(12-18-28)21-35-33(37)34-20-24-7-3-1-4-8-24/h1-18,29,31-32,36H,19-23H2,(H2,34,35,37). The van der Waals surface area contributed by atoms with Crippen molar-refractivity contribution in [3.8, 4) is 0 Å². The van der Waals surface area contributed by atoms with E-state index < -0.39 is 6.29 Å². The molecule has 1 heterocycles. The number of thioether (sulfide) groups is 1. The first-order chi connectivity index (χ1) is 19.7. The van der Waals surface area contributed by atoms with Crippen molar-refractivity contribution < 1.29 is 19.4 Å². The first kappa shape index (κ1) is 27.9. The number of rotatable bonds is 10. The Hall–Kier alpha value is -3.62. The summed E-state index contributed by atoms with van der Waals surface area (Å²) in [5.41, 5.74) is 4.92. The average molecular weight is 555 g/mol. The van der Waals surface area contributed by atoms with E-state index in [1.165, 1.54) is 4.90 Å². The Bertz CT molecular complexity index is 1330. The number of hydrogen-bond acceptors (Lipinski definition) is 5. The molecule has 3 unspecified atom stereocenters. The molecule has 3 N–H and O–H groups in total. The van der Waals surface area contributed by atoms with Gasteiger partial charge in [0.25, 0.3) is 0 Å². The summed E-state index contributed by atoms with van der Waals surface area (Å²) in [6.45, 7) is 0.919. The second kappa shape index (κ2) is 14.1. The van der Waals surface area contributed by atoms with Crippen LogP contribution in [0.3, 0.4) is 0 Å². The molecule has 0 aromatic heterocycles. The molecule has 0 aliphatic carbocycles. The van der Waals surface area contributed by atoms with Crippen LogP contribution in [0.25, 0.3) is 0 Å². The van der Waals surface area contributed by atoms with Crippen molar-refractivity contribution in [1.82, 2.24) is 10.6 Å². The van der Waals surface area contributed by atoms with E-state index in [2.05, 4.69) is 22.8 Å². The molecule has 1 saturated heterocycles. The van der Waals surface area contributed by atoms with Gasteiger partial charge in [0.05, 0.1) is 18.8 Å². The normalized spacial score (nSPS) is 18.7. The maximum Gasteiger partial charge on any atom is 0.315 e. The van der Waals surface area contributed by atoms with E-state index in [4.69, 9.17) is 9.47 Å². The molecule has 1 aliphatic rings. The van der Waals surface area contributed by atoms with Gasteiger partial charge in [0.2, 0.25) is 0 Å². The fraction of sp³-hybridized carbons (Fsp3) is 0.242.